The molecular weight excluding hydrogens is 300 g/mol. The van der Waals surface area contributed by atoms with Crippen LogP contribution in [0.2, 0.25) is 0 Å². The van der Waals surface area contributed by atoms with Gasteiger partial charge in [0.25, 0.3) is 11.6 Å². The van der Waals surface area contributed by atoms with E-state index in [0.29, 0.717) is 5.56 Å². The van der Waals surface area contributed by atoms with E-state index in [-0.39, 0.29) is 11.4 Å². The highest BCUT2D eigenvalue weighted by molar-refractivity contribution is 6.14. The monoisotopic (exact) mass is 316 g/mol. The van der Waals surface area contributed by atoms with Gasteiger partial charge in [-0.15, -0.1) is 0 Å². The number of carbonyl (C=O) groups excluding carboxylic acids is 2. The number of hydrogen-bond donors (Lipinski definition) is 2. The Kier molecular flexibility index (Phi) is 3.96. The fourth-order valence-corrected chi connectivity index (χ4v) is 2.81. The number of anilines is 1. The Balaban J connectivity index is 1.98. The minimum absolute atomic E-state index is 0.00824. The normalized spacial score (nSPS) is 19.7. The van der Waals surface area contributed by atoms with Crippen LogP contribution < -0.4 is 15.5 Å². The standard InChI is InChI=1S/C15H16N4O4/c20-14-12(16-15(21)17-14)9-10-8-11(4-5-13(10)19(22)23)18-6-2-1-3-7-18/h4-5,8-9H,1-3,6-7H2,(H2,16,17,20,21)/b12-9+. The number of hydrogen-bond acceptors (Lipinski definition) is 5. The summed E-state index contributed by atoms with van der Waals surface area (Å²) in [7, 11) is 0. The van der Waals surface area contributed by atoms with E-state index in [9.17, 15) is 19.7 Å². The van der Waals surface area contributed by atoms with Crippen molar-refractivity contribution < 1.29 is 14.5 Å². The molecule has 120 valence electrons. The highest BCUT2D eigenvalue weighted by atomic mass is 16.6. The lowest BCUT2D eigenvalue weighted by molar-refractivity contribution is -0.385. The average Bonchev–Trinajstić information content (AvgIpc) is 2.85. The lowest BCUT2D eigenvalue weighted by atomic mass is 10.1. The molecule has 0 atom stereocenters. The zero-order chi connectivity index (χ0) is 16.4. The molecule has 3 rings (SSSR count). The first-order chi connectivity index (χ1) is 11.0. The molecule has 2 aliphatic heterocycles. The lowest BCUT2D eigenvalue weighted by Gasteiger charge is -2.29. The molecule has 0 aliphatic carbocycles. The van der Waals surface area contributed by atoms with Crippen LogP contribution in [0.5, 0.6) is 0 Å². The number of carbonyl (C=O) groups is 2. The van der Waals surface area contributed by atoms with Crippen LogP contribution in [-0.4, -0.2) is 30.0 Å². The Bertz CT molecular complexity index is 707. The first-order valence-electron chi connectivity index (χ1n) is 7.42. The lowest BCUT2D eigenvalue weighted by Crippen LogP contribution is -2.29. The Morgan fingerprint density at radius 2 is 1.87 bits per heavy atom. The average molecular weight is 316 g/mol. The number of nitrogens with zero attached hydrogens (tertiary/aromatic N) is 2. The predicted octanol–water partition coefficient (Wildman–Crippen LogP) is 1.77. The molecule has 1 aromatic carbocycles. The zero-order valence-corrected chi connectivity index (χ0v) is 12.4. The van der Waals surface area contributed by atoms with Gasteiger partial charge < -0.3 is 10.2 Å². The summed E-state index contributed by atoms with van der Waals surface area (Å²) in [6.07, 6.45) is 4.70. The van der Waals surface area contributed by atoms with Gasteiger partial charge in [-0.1, -0.05) is 0 Å². The van der Waals surface area contributed by atoms with Crippen LogP contribution >= 0.6 is 0 Å². The number of amides is 3. The second-order valence-corrected chi connectivity index (χ2v) is 5.51. The molecule has 0 radical (unpaired) electrons. The summed E-state index contributed by atoms with van der Waals surface area (Å²) in [5.41, 5.74) is 1.08. The third-order valence-electron chi connectivity index (χ3n) is 3.95. The minimum atomic E-state index is -0.629. The van der Waals surface area contributed by atoms with Crippen molar-refractivity contribution >= 4 is 29.4 Å². The van der Waals surface area contributed by atoms with Crippen molar-refractivity contribution in [3.63, 3.8) is 0 Å². The number of rotatable bonds is 3. The van der Waals surface area contributed by atoms with Crippen LogP contribution in [0.25, 0.3) is 6.08 Å². The molecule has 2 heterocycles. The molecule has 2 saturated heterocycles. The summed E-state index contributed by atoms with van der Waals surface area (Å²) in [4.78, 5) is 35.6. The molecule has 0 spiro atoms. The summed E-state index contributed by atoms with van der Waals surface area (Å²) in [6, 6.07) is 4.22. The molecular formula is C15H16N4O4. The maximum Gasteiger partial charge on any atom is 0.326 e. The van der Waals surface area contributed by atoms with Gasteiger partial charge in [-0.2, -0.15) is 0 Å². The van der Waals surface area contributed by atoms with E-state index in [1.165, 1.54) is 18.6 Å². The number of imide groups is 1. The van der Waals surface area contributed by atoms with Gasteiger partial charge in [0.05, 0.1) is 10.5 Å². The van der Waals surface area contributed by atoms with Gasteiger partial charge in [0.15, 0.2) is 0 Å². The fraction of sp³-hybridized carbons (Fsp3) is 0.333. The summed E-state index contributed by atoms with van der Waals surface area (Å²) in [6.45, 7) is 1.82. The molecule has 1 aromatic rings. The first-order valence-corrected chi connectivity index (χ1v) is 7.42. The topological polar surface area (TPSA) is 105 Å². The van der Waals surface area contributed by atoms with Crippen LogP contribution in [0.1, 0.15) is 24.8 Å². The highest BCUT2D eigenvalue weighted by Gasteiger charge is 2.25. The van der Waals surface area contributed by atoms with E-state index in [2.05, 4.69) is 15.5 Å². The fourth-order valence-electron chi connectivity index (χ4n) is 2.81. The van der Waals surface area contributed by atoms with Crippen molar-refractivity contribution in [3.05, 3.63) is 39.6 Å². The van der Waals surface area contributed by atoms with Gasteiger partial charge in [0.1, 0.15) is 5.70 Å². The van der Waals surface area contributed by atoms with E-state index < -0.39 is 16.9 Å². The molecule has 0 saturated carbocycles. The number of nitrogens with one attached hydrogen (secondary N) is 2. The van der Waals surface area contributed by atoms with Gasteiger partial charge in [-0.3, -0.25) is 20.2 Å². The largest absolute Gasteiger partial charge is 0.372 e. The number of nitro groups is 1. The third-order valence-corrected chi connectivity index (χ3v) is 3.95. The molecule has 8 nitrogen and oxygen atoms in total. The number of nitro benzene ring substituents is 1. The van der Waals surface area contributed by atoms with E-state index in [1.807, 2.05) is 0 Å². The van der Waals surface area contributed by atoms with Crippen molar-refractivity contribution in [3.8, 4) is 0 Å². The number of piperidine rings is 1. The van der Waals surface area contributed by atoms with E-state index >= 15 is 0 Å². The Hall–Kier alpha value is -2.90. The van der Waals surface area contributed by atoms with Crippen LogP contribution in [-0.2, 0) is 4.79 Å². The van der Waals surface area contributed by atoms with E-state index in [0.717, 1.165) is 31.6 Å². The Morgan fingerprint density at radius 3 is 2.48 bits per heavy atom. The smallest absolute Gasteiger partial charge is 0.326 e. The van der Waals surface area contributed by atoms with Gasteiger partial charge in [-0.05, 0) is 37.5 Å². The summed E-state index contributed by atoms with van der Waals surface area (Å²) in [5.74, 6) is -0.590. The number of urea groups is 1. The quantitative estimate of drug-likeness (QED) is 0.383. The van der Waals surface area contributed by atoms with Crippen molar-refractivity contribution in [1.29, 1.82) is 0 Å². The molecule has 23 heavy (non-hydrogen) atoms. The number of benzene rings is 1. The SMILES string of the molecule is O=C1NC(=O)/C(=C\c2cc(N3CCCCC3)ccc2[N+](=O)[O-])N1. The van der Waals surface area contributed by atoms with Crippen molar-refractivity contribution in [1.82, 2.24) is 10.6 Å². The summed E-state index contributed by atoms with van der Waals surface area (Å²) in [5, 5.41) is 15.6. The van der Waals surface area contributed by atoms with Gasteiger partial charge >= 0.3 is 6.03 Å². The summed E-state index contributed by atoms with van der Waals surface area (Å²) < 4.78 is 0. The first kappa shape index (κ1) is 15.0. The van der Waals surface area contributed by atoms with Crippen LogP contribution in [0, 0.1) is 10.1 Å². The second-order valence-electron chi connectivity index (χ2n) is 5.51. The molecule has 0 aromatic heterocycles. The molecule has 2 aliphatic rings. The van der Waals surface area contributed by atoms with Gasteiger partial charge in [0, 0.05) is 24.8 Å². The third kappa shape index (κ3) is 3.15. The van der Waals surface area contributed by atoms with Crippen LogP contribution in [0.3, 0.4) is 0 Å². The van der Waals surface area contributed by atoms with E-state index in [4.69, 9.17) is 0 Å². The second kappa shape index (κ2) is 6.07. The molecule has 8 heteroatoms. The minimum Gasteiger partial charge on any atom is -0.372 e. The van der Waals surface area contributed by atoms with Crippen LogP contribution in [0.4, 0.5) is 16.2 Å². The predicted molar refractivity (Wildman–Crippen MR) is 83.8 cm³/mol. The van der Waals surface area contributed by atoms with Crippen LogP contribution in [0.15, 0.2) is 23.9 Å². The Labute approximate surface area is 132 Å². The zero-order valence-electron chi connectivity index (χ0n) is 12.4. The summed E-state index contributed by atoms with van der Waals surface area (Å²) >= 11 is 0. The molecule has 3 amide bonds. The maximum absolute atomic E-state index is 11.6. The molecule has 0 bridgehead atoms. The van der Waals surface area contributed by atoms with Gasteiger partial charge in [0.2, 0.25) is 0 Å². The van der Waals surface area contributed by atoms with Gasteiger partial charge in [-0.25, -0.2) is 4.79 Å². The maximum atomic E-state index is 11.6. The molecule has 0 unspecified atom stereocenters. The molecule has 2 fully saturated rings. The van der Waals surface area contributed by atoms with Crippen molar-refractivity contribution in [2.24, 2.45) is 0 Å². The van der Waals surface area contributed by atoms with Crippen molar-refractivity contribution in [2.45, 2.75) is 19.3 Å². The Morgan fingerprint density at radius 1 is 1.13 bits per heavy atom. The van der Waals surface area contributed by atoms with Crippen molar-refractivity contribution in [2.75, 3.05) is 18.0 Å². The van der Waals surface area contributed by atoms with E-state index in [1.54, 1.807) is 12.1 Å². The highest BCUT2D eigenvalue weighted by Crippen LogP contribution is 2.28. The molecule has 2 N–H and O–H groups in total.